The van der Waals surface area contributed by atoms with Crippen LogP contribution in [0.1, 0.15) is 80.2 Å². The van der Waals surface area contributed by atoms with E-state index in [4.69, 9.17) is 17.2 Å². The van der Waals surface area contributed by atoms with E-state index in [1.807, 2.05) is 41.8 Å². The van der Waals surface area contributed by atoms with Gasteiger partial charge in [0, 0.05) is 36.9 Å². The van der Waals surface area contributed by atoms with Crippen LogP contribution in [0.2, 0.25) is 0 Å². The Labute approximate surface area is 314 Å². The number of carbonyl (C=O) groups excluding carboxylic acids is 5. The number of unbranched alkanes of at least 4 members (excludes halogenated alkanes) is 1. The minimum Gasteiger partial charge on any atom is -0.370 e. The largest absolute Gasteiger partial charge is 0.370 e. The summed E-state index contributed by atoms with van der Waals surface area (Å²) < 4.78 is 0. The van der Waals surface area contributed by atoms with Crippen LogP contribution < -0.4 is 33.2 Å². The van der Waals surface area contributed by atoms with E-state index in [0.717, 1.165) is 41.7 Å². The first kappa shape index (κ1) is 38.2. The van der Waals surface area contributed by atoms with Gasteiger partial charge in [-0.25, -0.2) is 0 Å². The average Bonchev–Trinajstić information content (AvgIpc) is 3.82. The van der Waals surface area contributed by atoms with E-state index < -0.39 is 47.9 Å². The lowest BCUT2D eigenvalue weighted by Gasteiger charge is -2.42. The fourth-order valence-electron chi connectivity index (χ4n) is 8.54. The Hall–Kier alpha value is -4.50. The third kappa shape index (κ3) is 9.01. The number of hydrogen-bond donors (Lipinski definition) is 6. The third-order valence-electron chi connectivity index (χ3n) is 11.2. The van der Waals surface area contributed by atoms with E-state index in [1.165, 1.54) is 11.3 Å². The second kappa shape index (κ2) is 17.5. The first-order valence-electron chi connectivity index (χ1n) is 19.0. The van der Waals surface area contributed by atoms with Crippen LogP contribution in [0.5, 0.6) is 0 Å². The van der Waals surface area contributed by atoms with Gasteiger partial charge >= 0.3 is 0 Å². The maximum absolute atomic E-state index is 15.1. The van der Waals surface area contributed by atoms with Crippen LogP contribution in [0, 0.1) is 5.92 Å². The molecule has 0 spiro atoms. The van der Waals surface area contributed by atoms with E-state index >= 15 is 4.79 Å². The molecule has 1 saturated carbocycles. The molecule has 3 aliphatic heterocycles. The number of carbonyl (C=O) groups is 5. The van der Waals surface area contributed by atoms with Crippen molar-refractivity contribution in [2.24, 2.45) is 28.1 Å². The van der Waals surface area contributed by atoms with Crippen molar-refractivity contribution in [1.82, 2.24) is 25.8 Å². The summed E-state index contributed by atoms with van der Waals surface area (Å²) in [5, 5.41) is 10.8. The summed E-state index contributed by atoms with van der Waals surface area (Å²) in [6.45, 7) is 0.846. The van der Waals surface area contributed by atoms with Crippen LogP contribution in [-0.4, -0.2) is 94.6 Å². The Kier molecular flexibility index (Phi) is 12.7. The Morgan fingerprint density at radius 3 is 2.21 bits per heavy atom. The van der Waals surface area contributed by atoms with Gasteiger partial charge in [0.2, 0.25) is 29.5 Å². The molecule has 4 aliphatic rings. The Bertz CT molecular complexity index is 1660. The van der Waals surface area contributed by atoms with E-state index in [0.29, 0.717) is 32.2 Å². The van der Waals surface area contributed by atoms with Crippen molar-refractivity contribution in [3.63, 3.8) is 0 Å². The molecule has 2 saturated heterocycles. The minimum atomic E-state index is -1.02. The second-order valence-corrected chi connectivity index (χ2v) is 15.8. The van der Waals surface area contributed by atoms with Crippen LogP contribution in [0.25, 0.3) is 0 Å². The standard InChI is InChI=1S/C38H53N9O5S/c39-16-6-5-13-27-34(49)45-29(21-26-12-8-18-53-26)36(51)46-22-25-11-2-1-9-23(25)19-32(46)37(52)47-30-15-4-3-10-24(30)20-31(47)35(50)44-28(33(48)43-27)14-7-17-42-38(40)41/h1-2,8-9,11-12,18,24,27-32H,3-7,10,13-17,19-22,39H2,(H,43,48)(H,44,50)(H,45,49)(H4,40,41,42)/t24-,27-,28-,29-,30-,31-,32+/m0/s1. The molecule has 6 rings (SSSR count). The van der Waals surface area contributed by atoms with Crippen LogP contribution in [0.4, 0.5) is 0 Å². The molecule has 0 radical (unpaired) electrons. The SMILES string of the molecule is NCCCC[C@@H]1NC(=O)[C@H](CCCN=C(N)N)NC(=O)[C@@H]2C[C@@H]3CCCC[C@@H]3N2C(=O)[C@H]2Cc3ccccc3CN2C(=O)[C@H](Cc2cccs2)NC1=O. The third-order valence-corrected chi connectivity index (χ3v) is 12.1. The summed E-state index contributed by atoms with van der Waals surface area (Å²) in [5.74, 6) is -2.06. The number of rotatable bonds is 10. The van der Waals surface area contributed by atoms with Gasteiger partial charge in [0.15, 0.2) is 5.96 Å². The van der Waals surface area contributed by atoms with Crippen molar-refractivity contribution in [3.8, 4) is 0 Å². The van der Waals surface area contributed by atoms with Crippen LogP contribution >= 0.6 is 11.3 Å². The molecule has 0 unspecified atom stereocenters. The molecular weight excluding hydrogens is 695 g/mol. The molecule has 1 aromatic carbocycles. The van der Waals surface area contributed by atoms with Gasteiger partial charge in [0.25, 0.3) is 0 Å². The zero-order chi connectivity index (χ0) is 37.5. The molecule has 53 heavy (non-hydrogen) atoms. The molecule has 1 aromatic heterocycles. The maximum atomic E-state index is 15.1. The number of nitrogens with one attached hydrogen (secondary N) is 3. The summed E-state index contributed by atoms with van der Waals surface area (Å²) in [7, 11) is 0. The van der Waals surface area contributed by atoms with Gasteiger partial charge in [-0.05, 0) is 86.4 Å². The van der Waals surface area contributed by atoms with Crippen molar-refractivity contribution >= 4 is 46.8 Å². The smallest absolute Gasteiger partial charge is 0.246 e. The van der Waals surface area contributed by atoms with Gasteiger partial charge in [-0.3, -0.25) is 29.0 Å². The van der Waals surface area contributed by atoms with E-state index in [1.54, 1.807) is 9.80 Å². The molecule has 9 N–H and O–H groups in total. The highest BCUT2D eigenvalue weighted by Crippen LogP contribution is 2.41. The van der Waals surface area contributed by atoms with Crippen LogP contribution in [0.3, 0.4) is 0 Å². The fraction of sp³-hybridized carbons (Fsp3) is 0.579. The topological polar surface area (TPSA) is 218 Å². The molecule has 2 aromatic rings. The number of aliphatic imine (C=N–C) groups is 1. The number of fused-ring (bicyclic) bond motifs is 5. The number of benzene rings is 1. The number of amides is 5. The molecule has 1 aliphatic carbocycles. The Morgan fingerprint density at radius 1 is 0.792 bits per heavy atom. The zero-order valence-corrected chi connectivity index (χ0v) is 31.0. The molecule has 15 heteroatoms. The van der Waals surface area contributed by atoms with Gasteiger partial charge < -0.3 is 43.0 Å². The lowest BCUT2D eigenvalue weighted by atomic mass is 9.84. The number of nitrogens with zero attached hydrogens (tertiary/aromatic N) is 3. The highest BCUT2D eigenvalue weighted by molar-refractivity contribution is 7.09. The second-order valence-electron chi connectivity index (χ2n) is 14.8. The molecule has 286 valence electrons. The summed E-state index contributed by atoms with van der Waals surface area (Å²) >= 11 is 1.48. The molecular formula is C38H53N9O5S. The highest BCUT2D eigenvalue weighted by atomic mass is 32.1. The first-order valence-corrected chi connectivity index (χ1v) is 19.9. The predicted molar refractivity (Wildman–Crippen MR) is 202 cm³/mol. The first-order chi connectivity index (χ1) is 25.6. The van der Waals surface area contributed by atoms with E-state index in [2.05, 4.69) is 20.9 Å². The monoisotopic (exact) mass is 747 g/mol. The molecule has 5 amide bonds. The summed E-state index contributed by atoms with van der Waals surface area (Å²) in [4.78, 5) is 81.0. The van der Waals surface area contributed by atoms with Crippen molar-refractivity contribution in [1.29, 1.82) is 0 Å². The summed E-state index contributed by atoms with van der Waals surface area (Å²) in [6, 6.07) is 6.73. The van der Waals surface area contributed by atoms with Crippen molar-refractivity contribution in [3.05, 3.63) is 57.8 Å². The fourth-order valence-corrected chi connectivity index (χ4v) is 9.29. The van der Waals surface area contributed by atoms with Crippen molar-refractivity contribution in [2.75, 3.05) is 13.1 Å². The highest BCUT2D eigenvalue weighted by Gasteiger charge is 2.51. The summed E-state index contributed by atoms with van der Waals surface area (Å²) in [6.07, 6.45) is 6.65. The normalized spacial score (nSPS) is 27.9. The molecule has 14 nitrogen and oxygen atoms in total. The molecule has 4 heterocycles. The van der Waals surface area contributed by atoms with Crippen LogP contribution in [0.15, 0.2) is 46.8 Å². The molecule has 3 fully saturated rings. The summed E-state index contributed by atoms with van der Waals surface area (Å²) in [5.41, 5.74) is 18.8. The lowest BCUT2D eigenvalue weighted by molar-refractivity contribution is -0.152. The van der Waals surface area contributed by atoms with E-state index in [9.17, 15) is 19.2 Å². The average molecular weight is 748 g/mol. The van der Waals surface area contributed by atoms with Gasteiger partial charge in [-0.2, -0.15) is 0 Å². The van der Waals surface area contributed by atoms with Crippen LogP contribution in [-0.2, 0) is 43.4 Å². The number of nitrogens with two attached hydrogens (primary N) is 3. The molecule has 0 bridgehead atoms. The minimum absolute atomic E-state index is 0.0778. The number of hydrogen-bond acceptors (Lipinski definition) is 8. The van der Waals surface area contributed by atoms with Gasteiger partial charge in [-0.1, -0.05) is 43.2 Å². The van der Waals surface area contributed by atoms with Crippen molar-refractivity contribution in [2.45, 2.75) is 120 Å². The van der Waals surface area contributed by atoms with Gasteiger partial charge in [0.05, 0.1) is 0 Å². The Balaban J connectivity index is 1.42. The van der Waals surface area contributed by atoms with E-state index in [-0.39, 0.29) is 68.5 Å². The zero-order valence-electron chi connectivity index (χ0n) is 30.2. The Morgan fingerprint density at radius 2 is 1.49 bits per heavy atom. The predicted octanol–water partition coefficient (Wildman–Crippen LogP) is 1.05. The lowest BCUT2D eigenvalue weighted by Crippen LogP contribution is -2.61. The number of thiophene rings is 1. The van der Waals surface area contributed by atoms with Gasteiger partial charge in [-0.15, -0.1) is 11.3 Å². The van der Waals surface area contributed by atoms with Gasteiger partial charge in [0.1, 0.15) is 30.2 Å². The molecule has 7 atom stereocenters. The quantitative estimate of drug-likeness (QED) is 0.117. The maximum Gasteiger partial charge on any atom is 0.246 e. The van der Waals surface area contributed by atoms with Crippen molar-refractivity contribution < 1.29 is 24.0 Å². The number of guanidine groups is 1.